The Morgan fingerprint density at radius 2 is 1.43 bits per heavy atom. The zero-order valence-corrected chi connectivity index (χ0v) is 21.6. The second kappa shape index (κ2) is 13.7. The molecule has 35 heavy (non-hydrogen) atoms. The molecule has 3 nitrogen and oxygen atoms in total. The zero-order chi connectivity index (χ0) is 25.0. The lowest BCUT2D eigenvalue weighted by atomic mass is 9.91. The first-order chi connectivity index (χ1) is 17.0. The van der Waals surface area contributed by atoms with E-state index in [1.165, 1.54) is 44.1 Å². The molecule has 1 unspecified atom stereocenters. The summed E-state index contributed by atoms with van der Waals surface area (Å²) in [6, 6.07) is 22.1. The van der Waals surface area contributed by atoms with E-state index in [1.807, 2.05) is 30.3 Å². The van der Waals surface area contributed by atoms with E-state index in [1.54, 1.807) is 12.1 Å². The molecule has 0 spiro atoms. The molecule has 0 bridgehead atoms. The van der Waals surface area contributed by atoms with E-state index in [0.717, 1.165) is 47.5 Å². The topological polar surface area (TPSA) is 46.5 Å². The molecule has 0 heterocycles. The molecule has 0 saturated carbocycles. The first-order valence-electron chi connectivity index (χ1n) is 13.2. The molecule has 3 heteroatoms. The van der Waals surface area contributed by atoms with Crippen molar-refractivity contribution in [3.8, 4) is 28.0 Å². The highest BCUT2D eigenvalue weighted by Gasteiger charge is 2.13. The monoisotopic (exact) mass is 472 g/mol. The Labute approximate surface area is 211 Å². The van der Waals surface area contributed by atoms with Gasteiger partial charge in [-0.05, 0) is 70.8 Å². The lowest BCUT2D eigenvalue weighted by Crippen LogP contribution is -1.99. The van der Waals surface area contributed by atoms with Crippen molar-refractivity contribution in [2.24, 2.45) is 5.92 Å². The first-order valence-corrected chi connectivity index (χ1v) is 13.2. The van der Waals surface area contributed by atoms with E-state index in [0.29, 0.717) is 11.5 Å². The van der Waals surface area contributed by atoms with Crippen LogP contribution in [0.15, 0.2) is 66.7 Å². The molecule has 3 aromatic carbocycles. The third-order valence-electron chi connectivity index (χ3n) is 6.74. The standard InChI is InChI=1S/C32H40O3/c1-4-6-7-8-9-10-21-35-29-18-15-27(16-19-29)31-23-28(32(33)34)17-20-30(31)26-13-11-25(12-14-26)22-24(3)5-2/h11-20,23-24H,4-10,21-22H2,1-3H3,(H,33,34). The average molecular weight is 473 g/mol. The highest BCUT2D eigenvalue weighted by atomic mass is 16.5. The fraction of sp³-hybridized carbons (Fsp3) is 0.406. The second-order valence-electron chi connectivity index (χ2n) is 9.62. The largest absolute Gasteiger partial charge is 0.494 e. The molecule has 186 valence electrons. The van der Waals surface area contributed by atoms with Crippen LogP contribution in [0.2, 0.25) is 0 Å². The van der Waals surface area contributed by atoms with Gasteiger partial charge in [0.1, 0.15) is 5.75 Å². The molecule has 0 aliphatic rings. The molecule has 0 aliphatic carbocycles. The Morgan fingerprint density at radius 3 is 2.09 bits per heavy atom. The van der Waals surface area contributed by atoms with Gasteiger partial charge in [-0.2, -0.15) is 0 Å². The summed E-state index contributed by atoms with van der Waals surface area (Å²) in [5, 5.41) is 9.57. The molecule has 0 aliphatic heterocycles. The van der Waals surface area contributed by atoms with Gasteiger partial charge >= 0.3 is 5.97 Å². The lowest BCUT2D eigenvalue weighted by Gasteiger charge is -2.14. The van der Waals surface area contributed by atoms with Gasteiger partial charge in [-0.1, -0.05) is 102 Å². The number of rotatable bonds is 14. The van der Waals surface area contributed by atoms with Crippen molar-refractivity contribution >= 4 is 5.97 Å². The van der Waals surface area contributed by atoms with Crippen LogP contribution in [0.5, 0.6) is 5.75 Å². The Balaban J connectivity index is 1.75. The van der Waals surface area contributed by atoms with Crippen molar-refractivity contribution in [1.29, 1.82) is 0 Å². The minimum absolute atomic E-state index is 0.292. The van der Waals surface area contributed by atoms with Gasteiger partial charge in [-0.25, -0.2) is 4.79 Å². The fourth-order valence-corrected chi connectivity index (χ4v) is 4.34. The summed E-state index contributed by atoms with van der Waals surface area (Å²) < 4.78 is 5.94. The van der Waals surface area contributed by atoms with Crippen molar-refractivity contribution in [1.82, 2.24) is 0 Å². The number of ether oxygens (including phenoxy) is 1. The van der Waals surface area contributed by atoms with E-state index in [9.17, 15) is 9.90 Å². The molecule has 0 aromatic heterocycles. The highest BCUT2D eigenvalue weighted by Crippen LogP contribution is 2.34. The van der Waals surface area contributed by atoms with E-state index in [2.05, 4.69) is 45.0 Å². The van der Waals surface area contributed by atoms with Crippen LogP contribution in [0.25, 0.3) is 22.3 Å². The SMILES string of the molecule is CCCCCCCCOc1ccc(-c2cc(C(=O)O)ccc2-c2ccc(CC(C)CC)cc2)cc1. The van der Waals surface area contributed by atoms with Gasteiger partial charge in [0.05, 0.1) is 12.2 Å². The second-order valence-corrected chi connectivity index (χ2v) is 9.62. The third kappa shape index (κ3) is 7.99. The Bertz CT molecular complexity index is 1050. The number of unbranched alkanes of at least 4 members (excludes halogenated alkanes) is 5. The summed E-state index contributed by atoms with van der Waals surface area (Å²) in [6.45, 7) is 7.46. The number of hydrogen-bond acceptors (Lipinski definition) is 2. The fourth-order valence-electron chi connectivity index (χ4n) is 4.34. The van der Waals surface area contributed by atoms with E-state index in [4.69, 9.17) is 4.74 Å². The minimum atomic E-state index is -0.916. The summed E-state index contributed by atoms with van der Waals surface area (Å²) in [5.41, 5.74) is 5.65. The molecule has 0 amide bonds. The van der Waals surface area contributed by atoms with E-state index >= 15 is 0 Å². The molecular weight excluding hydrogens is 432 g/mol. The number of hydrogen-bond donors (Lipinski definition) is 1. The quantitative estimate of drug-likeness (QED) is 0.238. The van der Waals surface area contributed by atoms with E-state index < -0.39 is 5.97 Å². The maximum absolute atomic E-state index is 11.7. The lowest BCUT2D eigenvalue weighted by molar-refractivity contribution is 0.0697. The Kier molecular flexibility index (Phi) is 10.4. The third-order valence-corrected chi connectivity index (χ3v) is 6.74. The number of aromatic carboxylic acids is 1. The summed E-state index contributed by atoms with van der Waals surface area (Å²) >= 11 is 0. The summed E-state index contributed by atoms with van der Waals surface area (Å²) in [6.07, 6.45) is 9.69. The maximum atomic E-state index is 11.7. The smallest absolute Gasteiger partial charge is 0.335 e. The van der Waals surface area contributed by atoms with Gasteiger partial charge in [-0.3, -0.25) is 0 Å². The van der Waals surface area contributed by atoms with Crippen LogP contribution >= 0.6 is 0 Å². The van der Waals surface area contributed by atoms with Gasteiger partial charge in [0.25, 0.3) is 0 Å². The van der Waals surface area contributed by atoms with Gasteiger partial charge in [0.2, 0.25) is 0 Å². The van der Waals surface area contributed by atoms with Crippen molar-refractivity contribution < 1.29 is 14.6 Å². The van der Waals surface area contributed by atoms with Crippen molar-refractivity contribution in [2.75, 3.05) is 6.61 Å². The van der Waals surface area contributed by atoms with Gasteiger partial charge in [0.15, 0.2) is 0 Å². The molecule has 0 fully saturated rings. The van der Waals surface area contributed by atoms with Crippen LogP contribution in [-0.2, 0) is 6.42 Å². The van der Waals surface area contributed by atoms with Crippen molar-refractivity contribution in [3.63, 3.8) is 0 Å². The summed E-state index contributed by atoms with van der Waals surface area (Å²) in [7, 11) is 0. The number of carboxylic acid groups (broad SMARTS) is 1. The molecule has 0 saturated heterocycles. The van der Waals surface area contributed by atoms with Crippen molar-refractivity contribution in [3.05, 3.63) is 77.9 Å². The van der Waals surface area contributed by atoms with Crippen LogP contribution in [0.3, 0.4) is 0 Å². The van der Waals surface area contributed by atoms with Gasteiger partial charge in [-0.15, -0.1) is 0 Å². The molecule has 1 N–H and O–H groups in total. The highest BCUT2D eigenvalue weighted by molar-refractivity contribution is 5.93. The maximum Gasteiger partial charge on any atom is 0.335 e. The molecular formula is C32H40O3. The average Bonchev–Trinajstić information content (AvgIpc) is 2.88. The van der Waals surface area contributed by atoms with Crippen LogP contribution in [-0.4, -0.2) is 17.7 Å². The number of benzene rings is 3. The molecule has 0 radical (unpaired) electrons. The number of carboxylic acids is 1. The van der Waals surface area contributed by atoms with Crippen LogP contribution in [0, 0.1) is 5.92 Å². The van der Waals surface area contributed by atoms with Crippen LogP contribution < -0.4 is 4.74 Å². The molecule has 3 aromatic rings. The van der Waals surface area contributed by atoms with Crippen molar-refractivity contribution in [2.45, 2.75) is 72.1 Å². The zero-order valence-electron chi connectivity index (χ0n) is 21.6. The van der Waals surface area contributed by atoms with Crippen LogP contribution in [0.1, 0.15) is 81.6 Å². The predicted octanol–water partition coefficient (Wildman–Crippen LogP) is 9.05. The molecule has 3 rings (SSSR count). The normalized spacial score (nSPS) is 11.9. The Morgan fingerprint density at radius 1 is 0.800 bits per heavy atom. The van der Waals surface area contributed by atoms with E-state index in [-0.39, 0.29) is 0 Å². The summed E-state index contributed by atoms with van der Waals surface area (Å²) in [4.78, 5) is 11.7. The number of carbonyl (C=O) groups is 1. The Hall–Kier alpha value is -3.07. The predicted molar refractivity (Wildman–Crippen MR) is 146 cm³/mol. The van der Waals surface area contributed by atoms with Gasteiger partial charge < -0.3 is 9.84 Å². The molecule has 1 atom stereocenters. The minimum Gasteiger partial charge on any atom is -0.494 e. The first kappa shape index (κ1) is 26.5. The van der Waals surface area contributed by atoms with Gasteiger partial charge in [0, 0.05) is 0 Å². The van der Waals surface area contributed by atoms with Crippen LogP contribution in [0.4, 0.5) is 0 Å². The summed E-state index contributed by atoms with van der Waals surface area (Å²) in [5.74, 6) is 0.598.